The molecule has 8 nitrogen and oxygen atoms in total. The molecule has 0 N–H and O–H groups in total. The summed E-state index contributed by atoms with van der Waals surface area (Å²) in [5.41, 5.74) is 5.41. The number of methoxy groups -OCH3 is 1. The highest BCUT2D eigenvalue weighted by Gasteiger charge is 2.32. The van der Waals surface area contributed by atoms with Gasteiger partial charge in [-0.15, -0.1) is 0 Å². The largest absolute Gasteiger partial charge is 0.494 e. The number of aromatic nitrogens is 3. The minimum absolute atomic E-state index is 0.0373. The number of carbonyl (C=O) groups is 2. The molecule has 8 heteroatoms. The van der Waals surface area contributed by atoms with Crippen LogP contribution in [0.15, 0.2) is 48.7 Å². The van der Waals surface area contributed by atoms with Crippen molar-refractivity contribution in [2.75, 3.05) is 13.7 Å². The quantitative estimate of drug-likeness (QED) is 0.234. The second kappa shape index (κ2) is 13.7. The van der Waals surface area contributed by atoms with E-state index < -0.39 is 11.0 Å². The second-order valence-corrected chi connectivity index (χ2v) is 12.5. The summed E-state index contributed by atoms with van der Waals surface area (Å²) in [6.45, 7) is 22.3. The summed E-state index contributed by atoms with van der Waals surface area (Å²) in [6.07, 6.45) is 2.11. The molecule has 0 bridgehead atoms. The molecule has 0 aliphatic carbocycles. The van der Waals surface area contributed by atoms with Crippen LogP contribution in [-0.2, 0) is 17.7 Å². The van der Waals surface area contributed by atoms with Crippen molar-refractivity contribution in [3.8, 4) is 22.7 Å². The molecule has 0 unspecified atom stereocenters. The molecule has 0 atom stereocenters. The van der Waals surface area contributed by atoms with Gasteiger partial charge in [0.2, 0.25) is 5.91 Å². The van der Waals surface area contributed by atoms with Crippen LogP contribution in [-0.4, -0.2) is 50.5 Å². The van der Waals surface area contributed by atoms with Crippen LogP contribution in [0.1, 0.15) is 90.9 Å². The van der Waals surface area contributed by atoms with Gasteiger partial charge in [-0.2, -0.15) is 5.10 Å². The van der Waals surface area contributed by atoms with E-state index in [4.69, 9.17) is 14.6 Å². The van der Waals surface area contributed by atoms with Crippen molar-refractivity contribution >= 4 is 22.9 Å². The molecule has 238 valence electrons. The van der Waals surface area contributed by atoms with Crippen molar-refractivity contribution in [2.45, 2.75) is 94.7 Å². The van der Waals surface area contributed by atoms with Crippen LogP contribution in [0.25, 0.3) is 27.8 Å². The number of fused-ring (bicyclic) bond motifs is 2. The maximum atomic E-state index is 13.1. The number of rotatable bonds is 3. The predicted molar refractivity (Wildman–Crippen MR) is 179 cm³/mol. The van der Waals surface area contributed by atoms with E-state index in [0.29, 0.717) is 25.3 Å². The van der Waals surface area contributed by atoms with Gasteiger partial charge in [0, 0.05) is 41.1 Å². The molecule has 3 heterocycles. The Kier molecular flexibility index (Phi) is 10.7. The van der Waals surface area contributed by atoms with Crippen molar-refractivity contribution in [2.24, 2.45) is 5.41 Å². The molecule has 0 radical (unpaired) electrons. The lowest BCUT2D eigenvalue weighted by Gasteiger charge is -2.30. The van der Waals surface area contributed by atoms with E-state index in [1.165, 1.54) is 0 Å². The first-order valence-corrected chi connectivity index (χ1v) is 15.7. The summed E-state index contributed by atoms with van der Waals surface area (Å²) in [5.74, 6) is 0.753. The number of ether oxygens (including phenoxy) is 2. The molecule has 0 spiro atoms. The lowest BCUT2D eigenvalue weighted by Crippen LogP contribution is -2.39. The standard InChI is InChI=1S/C32H38N4O4.2C2H6/c1-20-10-9-11-26(39-8)27(20)36-28(23-19-34(16-15-24(23)33-36)30(38)40-32(5,6)7)22-12-13-25-21(18-22)14-17-35(25)29(37)31(2,3)4;2*1-2/h9-14,17-18H,15-16,19H2,1-8H3;2*1-2H3. The fraction of sp³-hybridized carbons (Fsp3) is 0.472. The monoisotopic (exact) mass is 602 g/mol. The fourth-order valence-electron chi connectivity index (χ4n) is 5.21. The Morgan fingerprint density at radius 3 is 2.23 bits per heavy atom. The average molecular weight is 603 g/mol. The number of benzene rings is 2. The zero-order valence-electron chi connectivity index (χ0n) is 28.7. The maximum absolute atomic E-state index is 13.1. The van der Waals surface area contributed by atoms with Gasteiger partial charge in [0.05, 0.1) is 30.6 Å². The summed E-state index contributed by atoms with van der Waals surface area (Å²) in [7, 11) is 1.66. The SMILES string of the molecule is CC.CC.COc1cccc(C)c1-n1nc2c(c1-c1ccc3c(ccn3C(=O)C(C)(C)C)c1)CN(C(=O)OC(C)(C)C)CC2. The summed E-state index contributed by atoms with van der Waals surface area (Å²) < 4.78 is 15.1. The van der Waals surface area contributed by atoms with E-state index in [9.17, 15) is 9.59 Å². The molecule has 2 aromatic carbocycles. The molecular formula is C36H50N4O4. The highest BCUT2D eigenvalue weighted by atomic mass is 16.6. The van der Waals surface area contributed by atoms with Crippen LogP contribution < -0.4 is 4.74 Å². The first-order chi connectivity index (χ1) is 20.8. The number of aryl methyl sites for hydroxylation is 1. The van der Waals surface area contributed by atoms with Crippen molar-refractivity contribution in [1.82, 2.24) is 19.2 Å². The third-order valence-electron chi connectivity index (χ3n) is 7.14. The zero-order valence-corrected chi connectivity index (χ0v) is 28.7. The number of nitrogens with zero attached hydrogens (tertiary/aromatic N) is 4. The van der Waals surface area contributed by atoms with Gasteiger partial charge in [-0.05, 0) is 57.5 Å². The third kappa shape index (κ3) is 7.01. The maximum Gasteiger partial charge on any atom is 0.410 e. The number of hydrogen-bond donors (Lipinski definition) is 0. The Hall–Kier alpha value is -4.07. The summed E-state index contributed by atoms with van der Waals surface area (Å²) in [4.78, 5) is 27.9. The van der Waals surface area contributed by atoms with E-state index in [1.807, 2.05) is 123 Å². The first-order valence-electron chi connectivity index (χ1n) is 15.7. The minimum atomic E-state index is -0.582. The van der Waals surface area contributed by atoms with Gasteiger partial charge in [0.25, 0.3) is 0 Å². The second-order valence-electron chi connectivity index (χ2n) is 12.5. The molecule has 0 fully saturated rings. The minimum Gasteiger partial charge on any atom is -0.494 e. The van der Waals surface area contributed by atoms with Crippen molar-refractivity contribution in [3.05, 3.63) is 65.5 Å². The van der Waals surface area contributed by atoms with Crippen LogP contribution in [0.5, 0.6) is 5.75 Å². The van der Waals surface area contributed by atoms with Crippen molar-refractivity contribution < 1.29 is 19.1 Å². The Balaban J connectivity index is 0.00000127. The predicted octanol–water partition coefficient (Wildman–Crippen LogP) is 8.84. The lowest BCUT2D eigenvalue weighted by molar-refractivity contribution is 0.0224. The normalized spacial score (nSPS) is 12.9. The smallest absolute Gasteiger partial charge is 0.410 e. The van der Waals surface area contributed by atoms with Crippen LogP contribution in [0, 0.1) is 12.3 Å². The molecule has 0 saturated heterocycles. The van der Waals surface area contributed by atoms with Crippen LogP contribution >= 0.6 is 0 Å². The Bertz CT molecular complexity index is 1620. The van der Waals surface area contributed by atoms with Gasteiger partial charge in [-0.1, -0.05) is 66.7 Å². The van der Waals surface area contributed by atoms with Crippen molar-refractivity contribution in [3.63, 3.8) is 0 Å². The summed E-state index contributed by atoms with van der Waals surface area (Å²) in [6, 6.07) is 14.0. The fourth-order valence-corrected chi connectivity index (χ4v) is 5.21. The van der Waals surface area contributed by atoms with Crippen molar-refractivity contribution in [1.29, 1.82) is 0 Å². The van der Waals surface area contributed by atoms with Crippen LogP contribution in [0.4, 0.5) is 4.79 Å². The molecule has 44 heavy (non-hydrogen) atoms. The Morgan fingerprint density at radius 1 is 0.932 bits per heavy atom. The molecule has 1 aliphatic rings. The molecule has 2 aromatic heterocycles. The first kappa shape index (κ1) is 34.4. The molecule has 0 saturated carbocycles. The number of para-hydroxylation sites is 1. The van der Waals surface area contributed by atoms with Gasteiger partial charge in [-0.3, -0.25) is 9.36 Å². The number of amides is 1. The van der Waals surface area contributed by atoms with Crippen LogP contribution in [0.3, 0.4) is 0 Å². The molecule has 1 amide bonds. The average Bonchev–Trinajstić information content (AvgIpc) is 3.57. The van der Waals surface area contributed by atoms with Gasteiger partial charge >= 0.3 is 6.09 Å². The molecule has 4 aromatic rings. The molecule has 5 rings (SSSR count). The summed E-state index contributed by atoms with van der Waals surface area (Å²) >= 11 is 0. The lowest BCUT2D eigenvalue weighted by atomic mass is 9.95. The van der Waals surface area contributed by atoms with E-state index in [1.54, 1.807) is 16.6 Å². The van der Waals surface area contributed by atoms with E-state index in [0.717, 1.165) is 44.7 Å². The molecule has 1 aliphatic heterocycles. The van der Waals surface area contributed by atoms with Gasteiger partial charge < -0.3 is 14.4 Å². The van der Waals surface area contributed by atoms with Gasteiger partial charge in [-0.25, -0.2) is 9.48 Å². The summed E-state index contributed by atoms with van der Waals surface area (Å²) in [5, 5.41) is 6.03. The third-order valence-corrected chi connectivity index (χ3v) is 7.14. The Labute approximate surface area is 263 Å². The molecular weight excluding hydrogens is 552 g/mol. The van der Waals surface area contributed by atoms with Gasteiger partial charge in [0.15, 0.2) is 0 Å². The topological polar surface area (TPSA) is 78.6 Å². The number of carbonyl (C=O) groups excluding carboxylic acids is 2. The number of hydrogen-bond acceptors (Lipinski definition) is 5. The van der Waals surface area contributed by atoms with E-state index >= 15 is 0 Å². The highest BCUT2D eigenvalue weighted by Crippen LogP contribution is 2.38. The van der Waals surface area contributed by atoms with Crippen LogP contribution in [0.2, 0.25) is 0 Å². The highest BCUT2D eigenvalue weighted by molar-refractivity contribution is 5.96. The zero-order chi connectivity index (χ0) is 33.0. The van der Waals surface area contributed by atoms with Gasteiger partial charge in [0.1, 0.15) is 17.0 Å². The van der Waals surface area contributed by atoms with E-state index in [-0.39, 0.29) is 12.0 Å². The van der Waals surface area contributed by atoms with E-state index in [2.05, 4.69) is 6.07 Å². The Morgan fingerprint density at radius 2 is 1.61 bits per heavy atom.